The molecule has 1 aliphatic heterocycles. The summed E-state index contributed by atoms with van der Waals surface area (Å²) in [6.45, 7) is 2.49. The average molecular weight is 273 g/mol. The van der Waals surface area contributed by atoms with E-state index in [0.29, 0.717) is 25.2 Å². The number of halogens is 2. The van der Waals surface area contributed by atoms with E-state index in [1.54, 1.807) is 0 Å². The van der Waals surface area contributed by atoms with Crippen LogP contribution in [0.25, 0.3) is 0 Å². The van der Waals surface area contributed by atoms with Gasteiger partial charge in [-0.25, -0.2) is 9.18 Å². The second-order valence-electron chi connectivity index (χ2n) is 4.49. The maximum absolute atomic E-state index is 12.9. The van der Waals surface area contributed by atoms with Crippen molar-refractivity contribution >= 4 is 23.3 Å². The van der Waals surface area contributed by atoms with E-state index in [9.17, 15) is 14.3 Å². The van der Waals surface area contributed by atoms with Crippen LogP contribution in [0.3, 0.4) is 0 Å². The highest BCUT2D eigenvalue weighted by atomic mass is 35.5. The number of β-amino-alcohol motifs (C(OH)–C–C–N with tert-alkyl or cyclic N) is 1. The third kappa shape index (κ3) is 2.57. The minimum Gasteiger partial charge on any atom is -0.386 e. The van der Waals surface area contributed by atoms with Gasteiger partial charge < -0.3 is 15.3 Å². The van der Waals surface area contributed by atoms with Crippen LogP contribution in [-0.2, 0) is 0 Å². The Hall–Kier alpha value is -1.33. The normalized spacial score (nSPS) is 17.2. The van der Waals surface area contributed by atoms with Crippen molar-refractivity contribution < 1.29 is 14.3 Å². The molecule has 0 bridgehead atoms. The van der Waals surface area contributed by atoms with Gasteiger partial charge in [0.25, 0.3) is 0 Å². The van der Waals surface area contributed by atoms with Gasteiger partial charge in [-0.1, -0.05) is 18.5 Å². The average Bonchev–Trinajstić information content (AvgIpc) is 2.29. The monoisotopic (exact) mass is 272 g/mol. The molecule has 6 heteroatoms. The smallest absolute Gasteiger partial charge is 0.322 e. The number of carbonyl (C=O) groups excluding carboxylic acids is 1. The molecule has 1 heterocycles. The fourth-order valence-corrected chi connectivity index (χ4v) is 1.99. The molecule has 0 spiro atoms. The van der Waals surface area contributed by atoms with E-state index in [-0.39, 0.29) is 11.1 Å². The Morgan fingerprint density at radius 3 is 2.83 bits per heavy atom. The minimum absolute atomic E-state index is 0.0403. The van der Waals surface area contributed by atoms with Gasteiger partial charge in [-0.15, -0.1) is 0 Å². The number of aliphatic hydroxyl groups is 1. The highest BCUT2D eigenvalue weighted by molar-refractivity contribution is 6.31. The molecule has 0 aliphatic carbocycles. The van der Waals surface area contributed by atoms with Gasteiger partial charge in [-0.2, -0.15) is 0 Å². The van der Waals surface area contributed by atoms with Gasteiger partial charge in [0.15, 0.2) is 0 Å². The van der Waals surface area contributed by atoms with Gasteiger partial charge in [0.05, 0.1) is 23.7 Å². The zero-order chi connectivity index (χ0) is 13.3. The fourth-order valence-electron chi connectivity index (χ4n) is 1.81. The summed E-state index contributed by atoms with van der Waals surface area (Å²) < 4.78 is 12.9. The molecule has 0 aromatic heterocycles. The van der Waals surface area contributed by atoms with E-state index in [2.05, 4.69) is 5.32 Å². The largest absolute Gasteiger partial charge is 0.386 e. The lowest BCUT2D eigenvalue weighted by Crippen LogP contribution is -2.63. The molecule has 2 N–H and O–H groups in total. The molecule has 1 fully saturated rings. The van der Waals surface area contributed by atoms with Crippen LogP contribution in [-0.4, -0.2) is 34.7 Å². The molecule has 0 atom stereocenters. The first-order valence-corrected chi connectivity index (χ1v) is 6.05. The van der Waals surface area contributed by atoms with Crippen LogP contribution in [0.15, 0.2) is 18.2 Å². The number of carbonyl (C=O) groups is 1. The molecule has 2 rings (SSSR count). The number of nitrogens with one attached hydrogen (secondary N) is 1. The number of hydrogen-bond acceptors (Lipinski definition) is 2. The summed E-state index contributed by atoms with van der Waals surface area (Å²) in [6.07, 6.45) is 0.610. The Kier molecular flexibility index (Phi) is 3.45. The van der Waals surface area contributed by atoms with Crippen LogP contribution in [0.1, 0.15) is 13.3 Å². The van der Waals surface area contributed by atoms with E-state index in [1.807, 2.05) is 6.92 Å². The van der Waals surface area contributed by atoms with Crippen molar-refractivity contribution in [1.82, 2.24) is 4.90 Å². The first-order valence-electron chi connectivity index (χ1n) is 5.67. The molecule has 18 heavy (non-hydrogen) atoms. The Morgan fingerprint density at radius 1 is 1.61 bits per heavy atom. The zero-order valence-electron chi connectivity index (χ0n) is 9.91. The standard InChI is InChI=1S/C12H14ClFN2O2/c1-2-12(18)6-16(7-12)11(17)15-8-3-4-10(14)9(13)5-8/h3-5,18H,2,6-7H2,1H3,(H,15,17). The van der Waals surface area contributed by atoms with E-state index >= 15 is 0 Å². The predicted octanol–water partition coefficient (Wildman–Crippen LogP) is 2.47. The maximum atomic E-state index is 12.9. The Morgan fingerprint density at radius 2 is 2.28 bits per heavy atom. The maximum Gasteiger partial charge on any atom is 0.322 e. The zero-order valence-corrected chi connectivity index (χ0v) is 10.7. The summed E-state index contributed by atoms with van der Waals surface area (Å²) in [5.74, 6) is -0.529. The third-order valence-corrected chi connectivity index (χ3v) is 3.38. The fraction of sp³-hybridized carbons (Fsp3) is 0.417. The molecule has 0 radical (unpaired) electrons. The van der Waals surface area contributed by atoms with Gasteiger partial charge in [0.2, 0.25) is 0 Å². The molecule has 4 nitrogen and oxygen atoms in total. The van der Waals surface area contributed by atoms with Crippen molar-refractivity contribution in [2.75, 3.05) is 18.4 Å². The van der Waals surface area contributed by atoms with Crippen molar-refractivity contribution in [3.8, 4) is 0 Å². The van der Waals surface area contributed by atoms with E-state index in [0.717, 1.165) is 0 Å². The number of rotatable bonds is 2. The first kappa shape index (κ1) is 13.1. The first-order chi connectivity index (χ1) is 8.43. The summed E-state index contributed by atoms with van der Waals surface area (Å²) in [4.78, 5) is 13.2. The number of hydrogen-bond donors (Lipinski definition) is 2. The molecule has 0 unspecified atom stereocenters. The lowest BCUT2D eigenvalue weighted by molar-refractivity contribution is -0.0755. The van der Waals surface area contributed by atoms with Crippen LogP contribution < -0.4 is 5.32 Å². The molecule has 1 saturated heterocycles. The van der Waals surface area contributed by atoms with Gasteiger partial charge in [-0.05, 0) is 24.6 Å². The second-order valence-corrected chi connectivity index (χ2v) is 4.90. The number of urea groups is 1. The molecule has 2 amide bonds. The molecule has 0 saturated carbocycles. The number of anilines is 1. The van der Waals surface area contributed by atoms with Gasteiger partial charge >= 0.3 is 6.03 Å². The summed E-state index contributed by atoms with van der Waals surface area (Å²) >= 11 is 5.61. The molecule has 1 aromatic rings. The third-order valence-electron chi connectivity index (χ3n) is 3.09. The predicted molar refractivity (Wildman–Crippen MR) is 67.2 cm³/mol. The summed E-state index contributed by atoms with van der Waals surface area (Å²) in [5, 5.41) is 12.4. The van der Waals surface area contributed by atoms with Gasteiger partial charge in [0, 0.05) is 5.69 Å². The van der Waals surface area contributed by atoms with Crippen LogP contribution in [0.4, 0.5) is 14.9 Å². The van der Waals surface area contributed by atoms with Crippen molar-refractivity contribution in [3.63, 3.8) is 0 Å². The van der Waals surface area contributed by atoms with Crippen molar-refractivity contribution in [3.05, 3.63) is 29.0 Å². The topological polar surface area (TPSA) is 52.6 Å². The van der Waals surface area contributed by atoms with Crippen LogP contribution in [0.5, 0.6) is 0 Å². The Labute approximate surface area is 109 Å². The molecule has 98 valence electrons. The Bertz CT molecular complexity index is 475. The summed E-state index contributed by atoms with van der Waals surface area (Å²) in [6, 6.07) is 3.65. The van der Waals surface area contributed by atoms with E-state index in [4.69, 9.17) is 11.6 Å². The minimum atomic E-state index is -0.766. The molecule has 1 aromatic carbocycles. The second kappa shape index (κ2) is 4.74. The lowest BCUT2D eigenvalue weighted by Gasteiger charge is -2.45. The molecular weight excluding hydrogens is 259 g/mol. The number of nitrogens with zero attached hydrogens (tertiary/aromatic N) is 1. The quantitative estimate of drug-likeness (QED) is 0.869. The molecular formula is C12H14ClFN2O2. The van der Waals surface area contributed by atoms with E-state index < -0.39 is 11.4 Å². The highest BCUT2D eigenvalue weighted by Crippen LogP contribution is 2.25. The highest BCUT2D eigenvalue weighted by Gasteiger charge is 2.42. The summed E-state index contributed by atoms with van der Waals surface area (Å²) in [7, 11) is 0. The van der Waals surface area contributed by atoms with Crippen LogP contribution in [0.2, 0.25) is 5.02 Å². The number of benzene rings is 1. The SMILES string of the molecule is CCC1(O)CN(C(=O)Nc2ccc(F)c(Cl)c2)C1. The number of likely N-dealkylation sites (tertiary alicyclic amines) is 1. The van der Waals surface area contributed by atoms with Crippen molar-refractivity contribution in [2.24, 2.45) is 0 Å². The molecule has 1 aliphatic rings. The summed E-state index contributed by atoms with van der Waals surface area (Å²) in [5.41, 5.74) is -0.337. The van der Waals surface area contributed by atoms with Crippen molar-refractivity contribution in [2.45, 2.75) is 18.9 Å². The van der Waals surface area contributed by atoms with E-state index in [1.165, 1.54) is 23.1 Å². The lowest BCUT2D eigenvalue weighted by atomic mass is 9.92. The van der Waals surface area contributed by atoms with Crippen LogP contribution >= 0.6 is 11.6 Å². The number of amides is 2. The Balaban J connectivity index is 1.94. The van der Waals surface area contributed by atoms with Crippen LogP contribution in [0, 0.1) is 5.82 Å². The van der Waals surface area contributed by atoms with Gasteiger partial charge in [-0.3, -0.25) is 0 Å². The van der Waals surface area contributed by atoms with Crippen molar-refractivity contribution in [1.29, 1.82) is 0 Å². The van der Waals surface area contributed by atoms with Gasteiger partial charge in [0.1, 0.15) is 5.82 Å².